The zero-order chi connectivity index (χ0) is 15.2. The van der Waals surface area contributed by atoms with Gasteiger partial charge in [0.25, 0.3) is 0 Å². The van der Waals surface area contributed by atoms with Crippen LogP contribution in [0.1, 0.15) is 41.1 Å². The topological polar surface area (TPSA) is 79.5 Å². The average Bonchev–Trinajstić information content (AvgIpc) is 2.96. The normalized spacial score (nSPS) is 11.9. The molecule has 2 N–H and O–H groups in total. The molecule has 1 aromatic carbocycles. The fourth-order valence-corrected chi connectivity index (χ4v) is 2.14. The Labute approximate surface area is 122 Å². The van der Waals surface area contributed by atoms with Crippen molar-refractivity contribution in [2.24, 2.45) is 0 Å². The molecular formula is C16H17NO4. The number of rotatable bonds is 6. The Morgan fingerprint density at radius 2 is 1.90 bits per heavy atom. The van der Waals surface area contributed by atoms with Crippen LogP contribution in [-0.4, -0.2) is 17.0 Å². The Morgan fingerprint density at radius 3 is 2.48 bits per heavy atom. The van der Waals surface area contributed by atoms with Gasteiger partial charge in [0, 0.05) is 0 Å². The first kappa shape index (κ1) is 14.8. The van der Waals surface area contributed by atoms with Gasteiger partial charge in [-0.2, -0.15) is 0 Å². The van der Waals surface area contributed by atoms with Crippen LogP contribution >= 0.6 is 0 Å². The first-order chi connectivity index (χ1) is 10.1. The number of aromatic carboxylic acids is 1. The maximum absolute atomic E-state index is 12.2. The summed E-state index contributed by atoms with van der Waals surface area (Å²) in [5, 5.41) is 11.5. The van der Waals surface area contributed by atoms with Crippen LogP contribution in [0, 0.1) is 0 Å². The molecule has 0 spiro atoms. The van der Waals surface area contributed by atoms with Crippen molar-refractivity contribution in [1.29, 1.82) is 0 Å². The molecule has 1 heterocycles. The Bertz CT molecular complexity index is 618. The van der Waals surface area contributed by atoms with E-state index in [0.717, 1.165) is 5.56 Å². The minimum atomic E-state index is -1.12. The van der Waals surface area contributed by atoms with E-state index in [1.165, 1.54) is 6.07 Å². The third-order valence-corrected chi connectivity index (χ3v) is 3.24. The molecule has 1 atom stereocenters. The SMILES string of the molecule is CCC(C(=O)NCc1ccc(C(=O)O)o1)c1ccccc1. The van der Waals surface area contributed by atoms with Crippen molar-refractivity contribution in [1.82, 2.24) is 5.32 Å². The molecular weight excluding hydrogens is 270 g/mol. The van der Waals surface area contributed by atoms with E-state index in [1.807, 2.05) is 37.3 Å². The number of furan rings is 1. The molecule has 1 aromatic heterocycles. The van der Waals surface area contributed by atoms with Crippen LogP contribution < -0.4 is 5.32 Å². The van der Waals surface area contributed by atoms with Gasteiger partial charge in [-0.3, -0.25) is 4.79 Å². The van der Waals surface area contributed by atoms with Gasteiger partial charge < -0.3 is 14.8 Å². The standard InChI is InChI=1S/C16H17NO4/c1-2-13(11-6-4-3-5-7-11)15(18)17-10-12-8-9-14(21-12)16(19)20/h3-9,13H,2,10H2,1H3,(H,17,18)(H,19,20). The predicted molar refractivity (Wildman–Crippen MR) is 77.0 cm³/mol. The summed E-state index contributed by atoms with van der Waals surface area (Å²) in [7, 11) is 0. The molecule has 0 fully saturated rings. The molecule has 0 saturated heterocycles. The molecule has 0 radical (unpaired) electrons. The molecule has 2 aromatic rings. The number of carboxylic acid groups (broad SMARTS) is 1. The lowest BCUT2D eigenvalue weighted by Gasteiger charge is -2.14. The second kappa shape index (κ2) is 6.74. The van der Waals surface area contributed by atoms with Gasteiger partial charge in [-0.05, 0) is 24.1 Å². The van der Waals surface area contributed by atoms with Crippen LogP contribution in [0.4, 0.5) is 0 Å². The lowest BCUT2D eigenvalue weighted by molar-refractivity contribution is -0.122. The Morgan fingerprint density at radius 1 is 1.19 bits per heavy atom. The fraction of sp³-hybridized carbons (Fsp3) is 0.250. The number of carboxylic acids is 1. The van der Waals surface area contributed by atoms with Crippen molar-refractivity contribution in [2.75, 3.05) is 0 Å². The van der Waals surface area contributed by atoms with E-state index in [4.69, 9.17) is 9.52 Å². The van der Waals surface area contributed by atoms with Gasteiger partial charge in [0.2, 0.25) is 11.7 Å². The maximum Gasteiger partial charge on any atom is 0.371 e. The quantitative estimate of drug-likeness (QED) is 0.856. The predicted octanol–water partition coefficient (Wildman–Crippen LogP) is 2.79. The summed E-state index contributed by atoms with van der Waals surface area (Å²) >= 11 is 0. The van der Waals surface area contributed by atoms with Gasteiger partial charge in [0.15, 0.2) is 0 Å². The highest BCUT2D eigenvalue weighted by molar-refractivity contribution is 5.84. The van der Waals surface area contributed by atoms with Gasteiger partial charge in [-0.15, -0.1) is 0 Å². The third-order valence-electron chi connectivity index (χ3n) is 3.24. The highest BCUT2D eigenvalue weighted by Crippen LogP contribution is 2.19. The molecule has 1 amide bonds. The van der Waals surface area contributed by atoms with Crippen molar-refractivity contribution in [3.05, 3.63) is 59.5 Å². The smallest absolute Gasteiger partial charge is 0.371 e. The van der Waals surface area contributed by atoms with Crippen molar-refractivity contribution >= 4 is 11.9 Å². The van der Waals surface area contributed by atoms with Crippen LogP contribution in [0.25, 0.3) is 0 Å². The Hall–Kier alpha value is -2.56. The van der Waals surface area contributed by atoms with Gasteiger partial charge in [-0.25, -0.2) is 4.79 Å². The van der Waals surface area contributed by atoms with E-state index in [1.54, 1.807) is 6.07 Å². The van der Waals surface area contributed by atoms with Gasteiger partial charge in [0.1, 0.15) is 5.76 Å². The first-order valence-corrected chi connectivity index (χ1v) is 6.76. The van der Waals surface area contributed by atoms with Crippen LogP contribution in [0.2, 0.25) is 0 Å². The molecule has 2 rings (SSSR count). The lowest BCUT2D eigenvalue weighted by Crippen LogP contribution is -2.28. The molecule has 5 heteroatoms. The van der Waals surface area contributed by atoms with E-state index in [0.29, 0.717) is 12.2 Å². The first-order valence-electron chi connectivity index (χ1n) is 6.76. The second-order valence-electron chi connectivity index (χ2n) is 4.66. The zero-order valence-corrected chi connectivity index (χ0v) is 11.7. The molecule has 21 heavy (non-hydrogen) atoms. The number of hydrogen-bond acceptors (Lipinski definition) is 3. The summed E-state index contributed by atoms with van der Waals surface area (Å²) < 4.78 is 5.10. The monoisotopic (exact) mass is 287 g/mol. The van der Waals surface area contributed by atoms with Crippen LogP contribution in [0.5, 0.6) is 0 Å². The largest absolute Gasteiger partial charge is 0.475 e. The van der Waals surface area contributed by atoms with Crippen LogP contribution in [0.15, 0.2) is 46.9 Å². The molecule has 110 valence electrons. The summed E-state index contributed by atoms with van der Waals surface area (Å²) in [6, 6.07) is 12.5. The summed E-state index contributed by atoms with van der Waals surface area (Å²) in [5.74, 6) is -1.15. The van der Waals surface area contributed by atoms with E-state index < -0.39 is 5.97 Å². The van der Waals surface area contributed by atoms with Crippen molar-refractivity contribution in [2.45, 2.75) is 25.8 Å². The van der Waals surface area contributed by atoms with Crippen LogP contribution in [-0.2, 0) is 11.3 Å². The van der Waals surface area contributed by atoms with Gasteiger partial charge in [0.05, 0.1) is 12.5 Å². The summed E-state index contributed by atoms with van der Waals surface area (Å²) in [6.07, 6.45) is 0.689. The zero-order valence-electron chi connectivity index (χ0n) is 11.7. The van der Waals surface area contributed by atoms with Crippen molar-refractivity contribution in [3.8, 4) is 0 Å². The van der Waals surface area contributed by atoms with E-state index in [9.17, 15) is 9.59 Å². The summed E-state index contributed by atoms with van der Waals surface area (Å²) in [6.45, 7) is 2.13. The summed E-state index contributed by atoms with van der Waals surface area (Å²) in [4.78, 5) is 22.9. The third kappa shape index (κ3) is 3.72. The Balaban J connectivity index is 1.98. The number of carbonyl (C=O) groups is 2. The van der Waals surface area contributed by atoms with Gasteiger partial charge in [-0.1, -0.05) is 37.3 Å². The van der Waals surface area contributed by atoms with E-state index in [2.05, 4.69) is 5.32 Å². The number of nitrogens with one attached hydrogen (secondary N) is 1. The number of benzene rings is 1. The molecule has 0 aliphatic heterocycles. The highest BCUT2D eigenvalue weighted by Gasteiger charge is 2.18. The van der Waals surface area contributed by atoms with Crippen LogP contribution in [0.3, 0.4) is 0 Å². The lowest BCUT2D eigenvalue weighted by atomic mass is 9.96. The average molecular weight is 287 g/mol. The number of amides is 1. The maximum atomic E-state index is 12.2. The fourth-order valence-electron chi connectivity index (χ4n) is 2.14. The molecule has 0 bridgehead atoms. The second-order valence-corrected chi connectivity index (χ2v) is 4.66. The number of hydrogen-bond donors (Lipinski definition) is 2. The summed E-state index contributed by atoms with van der Waals surface area (Å²) in [5.41, 5.74) is 0.961. The van der Waals surface area contributed by atoms with E-state index in [-0.39, 0.29) is 24.1 Å². The number of carbonyl (C=O) groups excluding carboxylic acids is 1. The molecule has 0 aliphatic carbocycles. The highest BCUT2D eigenvalue weighted by atomic mass is 16.4. The Kier molecular flexibility index (Phi) is 4.77. The molecule has 0 aliphatic rings. The molecule has 1 unspecified atom stereocenters. The van der Waals surface area contributed by atoms with E-state index >= 15 is 0 Å². The minimum Gasteiger partial charge on any atom is -0.475 e. The minimum absolute atomic E-state index is 0.100. The molecule has 0 saturated carbocycles. The van der Waals surface area contributed by atoms with Crippen molar-refractivity contribution < 1.29 is 19.1 Å². The van der Waals surface area contributed by atoms with Gasteiger partial charge >= 0.3 is 5.97 Å². The molecule has 5 nitrogen and oxygen atoms in total. The van der Waals surface area contributed by atoms with Crippen molar-refractivity contribution in [3.63, 3.8) is 0 Å².